The van der Waals surface area contributed by atoms with Gasteiger partial charge in [0.15, 0.2) is 0 Å². The zero-order valence-corrected chi connectivity index (χ0v) is 16.3. The zero-order chi connectivity index (χ0) is 18.8. The molecule has 26 heavy (non-hydrogen) atoms. The van der Waals surface area contributed by atoms with Crippen LogP contribution in [-0.4, -0.2) is 48.6 Å². The van der Waals surface area contributed by atoms with E-state index in [2.05, 4.69) is 36.0 Å². The number of carbonyl (C=O) groups excluding carboxylic acids is 1. The maximum absolute atomic E-state index is 12.4. The molecule has 0 saturated carbocycles. The number of pyridine rings is 1. The molecule has 0 saturated heterocycles. The maximum atomic E-state index is 12.4. The molecule has 0 atom stereocenters. The summed E-state index contributed by atoms with van der Waals surface area (Å²) in [4.78, 5) is 19.3. The number of hydrogen-bond donors (Lipinski definition) is 1. The molecule has 0 aliphatic rings. The predicted octanol–water partition coefficient (Wildman–Crippen LogP) is 3.41. The van der Waals surface area contributed by atoms with Crippen molar-refractivity contribution in [3.63, 3.8) is 0 Å². The largest absolute Gasteiger partial charge is 0.478 e. The van der Waals surface area contributed by atoms with E-state index < -0.39 is 0 Å². The monoisotopic (exact) mass is 357 g/mol. The van der Waals surface area contributed by atoms with Gasteiger partial charge in [0.2, 0.25) is 11.8 Å². The van der Waals surface area contributed by atoms with E-state index in [1.165, 1.54) is 0 Å². The summed E-state index contributed by atoms with van der Waals surface area (Å²) in [5, 5.41) is 4.03. The first-order valence-electron chi connectivity index (χ1n) is 9.68. The Kier molecular flexibility index (Phi) is 8.35. The van der Waals surface area contributed by atoms with Crippen molar-refractivity contribution in [1.82, 2.24) is 15.2 Å². The number of hydrogen-bond acceptors (Lipinski definition) is 4. The van der Waals surface area contributed by atoms with E-state index in [1.807, 2.05) is 30.3 Å². The summed E-state index contributed by atoms with van der Waals surface area (Å²) in [6.45, 7) is 10.6. The van der Waals surface area contributed by atoms with Gasteiger partial charge in [-0.05, 0) is 31.1 Å². The number of aromatic nitrogens is 1. The number of benzene rings is 1. The van der Waals surface area contributed by atoms with Gasteiger partial charge >= 0.3 is 0 Å². The van der Waals surface area contributed by atoms with Crippen molar-refractivity contribution in [2.45, 2.75) is 40.0 Å². The molecule has 1 amide bonds. The van der Waals surface area contributed by atoms with Gasteiger partial charge in [-0.15, -0.1) is 0 Å². The summed E-state index contributed by atoms with van der Waals surface area (Å²) in [7, 11) is 0. The lowest BCUT2D eigenvalue weighted by Crippen LogP contribution is -2.35. The third-order valence-corrected chi connectivity index (χ3v) is 4.52. The first-order valence-corrected chi connectivity index (χ1v) is 9.68. The van der Waals surface area contributed by atoms with Gasteiger partial charge in [0.05, 0.1) is 18.5 Å². The first-order chi connectivity index (χ1) is 12.7. The Bertz CT molecular complexity index is 699. The van der Waals surface area contributed by atoms with Crippen LogP contribution in [0.3, 0.4) is 0 Å². The highest BCUT2D eigenvalue weighted by Gasteiger charge is 2.11. The molecule has 1 heterocycles. The number of carbonyl (C=O) groups is 1. The Hall–Kier alpha value is -2.14. The summed E-state index contributed by atoms with van der Waals surface area (Å²) >= 11 is 0. The molecular formula is C21H31N3O2. The minimum absolute atomic E-state index is 0.0352. The molecule has 2 rings (SSSR count). The molecule has 1 aromatic carbocycles. The fourth-order valence-electron chi connectivity index (χ4n) is 2.89. The third-order valence-electron chi connectivity index (χ3n) is 4.52. The molecule has 0 unspecified atom stereocenters. The molecule has 0 aliphatic carbocycles. The summed E-state index contributed by atoms with van der Waals surface area (Å²) in [6.07, 6.45) is 2.41. The number of nitrogens with zero attached hydrogens (tertiary/aromatic N) is 2. The van der Waals surface area contributed by atoms with Gasteiger partial charge in [-0.3, -0.25) is 4.79 Å². The van der Waals surface area contributed by atoms with Crippen molar-refractivity contribution < 1.29 is 9.53 Å². The number of rotatable bonds is 11. The molecule has 0 spiro atoms. The number of amides is 1. The second-order valence-corrected chi connectivity index (χ2v) is 6.39. The fourth-order valence-corrected chi connectivity index (χ4v) is 2.89. The van der Waals surface area contributed by atoms with Crippen LogP contribution in [0.15, 0.2) is 30.3 Å². The smallest absolute Gasteiger partial charge is 0.224 e. The molecule has 5 nitrogen and oxygen atoms in total. The van der Waals surface area contributed by atoms with Crippen molar-refractivity contribution in [2.75, 3.05) is 32.8 Å². The average Bonchev–Trinajstić information content (AvgIpc) is 2.65. The van der Waals surface area contributed by atoms with Gasteiger partial charge in [0, 0.05) is 24.5 Å². The van der Waals surface area contributed by atoms with Crippen molar-refractivity contribution >= 4 is 16.8 Å². The van der Waals surface area contributed by atoms with Crippen LogP contribution in [0.2, 0.25) is 0 Å². The second kappa shape index (κ2) is 10.8. The van der Waals surface area contributed by atoms with Gasteiger partial charge in [-0.25, -0.2) is 4.98 Å². The molecule has 1 N–H and O–H groups in total. The van der Waals surface area contributed by atoms with Crippen molar-refractivity contribution in [3.8, 4) is 5.88 Å². The Morgan fingerprint density at radius 2 is 1.96 bits per heavy atom. The third kappa shape index (κ3) is 5.99. The highest BCUT2D eigenvalue weighted by Crippen LogP contribution is 2.22. The van der Waals surface area contributed by atoms with Gasteiger partial charge in [0.25, 0.3) is 0 Å². The van der Waals surface area contributed by atoms with Gasteiger partial charge < -0.3 is 15.0 Å². The number of fused-ring (bicyclic) bond motifs is 1. The van der Waals surface area contributed by atoms with Crippen LogP contribution in [0.25, 0.3) is 10.9 Å². The number of ether oxygens (including phenoxy) is 1. The lowest BCUT2D eigenvalue weighted by molar-refractivity contribution is -0.120. The van der Waals surface area contributed by atoms with Crippen molar-refractivity contribution in [1.29, 1.82) is 0 Å². The highest BCUT2D eigenvalue weighted by atomic mass is 16.5. The van der Waals surface area contributed by atoms with Crippen molar-refractivity contribution in [2.24, 2.45) is 0 Å². The van der Waals surface area contributed by atoms with E-state index >= 15 is 0 Å². The normalized spacial score (nSPS) is 11.1. The molecule has 0 fully saturated rings. The summed E-state index contributed by atoms with van der Waals surface area (Å²) in [6, 6.07) is 9.81. The van der Waals surface area contributed by atoms with Crippen LogP contribution in [0.5, 0.6) is 5.88 Å². The molecule has 0 radical (unpaired) electrons. The van der Waals surface area contributed by atoms with E-state index in [-0.39, 0.29) is 5.91 Å². The van der Waals surface area contributed by atoms with Gasteiger partial charge in [0.1, 0.15) is 0 Å². The van der Waals surface area contributed by atoms with Crippen molar-refractivity contribution in [3.05, 3.63) is 35.9 Å². The fraction of sp³-hybridized carbons (Fsp3) is 0.524. The lowest BCUT2D eigenvalue weighted by atomic mass is 10.1. The summed E-state index contributed by atoms with van der Waals surface area (Å²) in [5.74, 6) is 0.635. The first kappa shape index (κ1) is 20.2. The highest BCUT2D eigenvalue weighted by molar-refractivity contribution is 5.88. The van der Waals surface area contributed by atoms with E-state index in [9.17, 15) is 4.79 Å². The minimum atomic E-state index is 0.0352. The summed E-state index contributed by atoms with van der Waals surface area (Å²) < 4.78 is 5.77. The second-order valence-electron chi connectivity index (χ2n) is 6.39. The van der Waals surface area contributed by atoms with E-state index in [1.54, 1.807) is 0 Å². The number of unbranched alkanes of at least 4 members (excludes halogenated alkanes) is 1. The maximum Gasteiger partial charge on any atom is 0.224 e. The number of nitrogens with one attached hydrogen (secondary N) is 1. The Labute approximate surface area is 156 Å². The Morgan fingerprint density at radius 1 is 1.19 bits per heavy atom. The van der Waals surface area contributed by atoms with Gasteiger partial charge in [-0.2, -0.15) is 0 Å². The quantitative estimate of drug-likeness (QED) is 0.626. The van der Waals surface area contributed by atoms with Crippen LogP contribution >= 0.6 is 0 Å². The molecular weight excluding hydrogens is 326 g/mol. The Morgan fingerprint density at radius 3 is 2.69 bits per heavy atom. The molecule has 0 bridgehead atoms. The predicted molar refractivity (Wildman–Crippen MR) is 107 cm³/mol. The molecule has 142 valence electrons. The minimum Gasteiger partial charge on any atom is -0.478 e. The van der Waals surface area contributed by atoms with Gasteiger partial charge in [-0.1, -0.05) is 45.4 Å². The SMILES string of the molecule is CCCCOc1cc(CC(=O)NCCN(CC)CC)c2ccccc2n1. The molecule has 2 aromatic rings. The Balaban J connectivity index is 2.05. The lowest BCUT2D eigenvalue weighted by Gasteiger charge is -2.18. The van der Waals surface area contributed by atoms with Crippen LogP contribution in [0, 0.1) is 0 Å². The van der Waals surface area contributed by atoms with Crippen LogP contribution < -0.4 is 10.1 Å². The average molecular weight is 357 g/mol. The number of para-hydroxylation sites is 1. The van der Waals surface area contributed by atoms with E-state index in [0.29, 0.717) is 25.5 Å². The zero-order valence-electron chi connectivity index (χ0n) is 16.3. The van der Waals surface area contributed by atoms with Crippen LogP contribution in [0.4, 0.5) is 0 Å². The van der Waals surface area contributed by atoms with Crippen LogP contribution in [0.1, 0.15) is 39.2 Å². The molecule has 1 aromatic heterocycles. The molecule has 5 heteroatoms. The molecule has 0 aliphatic heterocycles. The van der Waals surface area contributed by atoms with E-state index in [4.69, 9.17) is 4.74 Å². The summed E-state index contributed by atoms with van der Waals surface area (Å²) in [5.41, 5.74) is 1.83. The standard InChI is InChI=1S/C21H31N3O2/c1-4-7-14-26-21-16-17(18-10-8-9-11-19(18)23-21)15-20(25)22-12-13-24(5-2)6-3/h8-11,16H,4-7,12-15H2,1-3H3,(H,22,25). The topological polar surface area (TPSA) is 54.5 Å². The van der Waals surface area contributed by atoms with E-state index in [0.717, 1.165) is 48.9 Å². The van der Waals surface area contributed by atoms with Crippen LogP contribution in [-0.2, 0) is 11.2 Å². The number of likely N-dealkylation sites (N-methyl/N-ethyl adjacent to an activating group) is 1.